The van der Waals surface area contributed by atoms with Gasteiger partial charge in [-0.25, -0.2) is 4.98 Å². The molecule has 6 heteroatoms. The number of fused-ring (bicyclic) bond motifs is 1. The number of ether oxygens (including phenoxy) is 2. The van der Waals surface area contributed by atoms with E-state index in [1.165, 1.54) is 10.4 Å². The van der Waals surface area contributed by atoms with Crippen LogP contribution in [0.1, 0.15) is 6.92 Å². The number of methoxy groups -OCH3 is 1. The lowest BCUT2D eigenvalue weighted by Crippen LogP contribution is -2.46. The Labute approximate surface area is 157 Å². The Morgan fingerprint density at radius 2 is 1.81 bits per heavy atom. The molecule has 0 saturated carbocycles. The summed E-state index contributed by atoms with van der Waals surface area (Å²) >= 11 is 1.74. The number of hydrogen-bond donors (Lipinski definition) is 0. The average Bonchev–Trinajstić information content (AvgIpc) is 3.14. The summed E-state index contributed by atoms with van der Waals surface area (Å²) in [6, 6.07) is 14.4. The van der Waals surface area contributed by atoms with E-state index in [1.807, 2.05) is 31.2 Å². The van der Waals surface area contributed by atoms with Crippen molar-refractivity contribution < 1.29 is 9.47 Å². The molecule has 3 aromatic rings. The fourth-order valence-corrected chi connectivity index (χ4v) is 4.32. The first-order chi connectivity index (χ1) is 12.8. The number of anilines is 2. The molecule has 0 bridgehead atoms. The predicted octanol–water partition coefficient (Wildman–Crippen LogP) is 4.03. The largest absolute Gasteiger partial charge is 0.497 e. The topological polar surface area (TPSA) is 37.8 Å². The number of aromatic nitrogens is 1. The van der Waals surface area contributed by atoms with Crippen LogP contribution in [0.4, 0.5) is 10.8 Å². The summed E-state index contributed by atoms with van der Waals surface area (Å²) in [7, 11) is 1.71. The van der Waals surface area contributed by atoms with E-state index in [1.54, 1.807) is 18.4 Å². The van der Waals surface area contributed by atoms with E-state index in [9.17, 15) is 0 Å². The van der Waals surface area contributed by atoms with Gasteiger partial charge in [0.15, 0.2) is 5.13 Å². The molecule has 0 aliphatic carbocycles. The highest BCUT2D eigenvalue weighted by Crippen LogP contribution is 2.35. The van der Waals surface area contributed by atoms with Crippen molar-refractivity contribution in [3.05, 3.63) is 42.5 Å². The van der Waals surface area contributed by atoms with Crippen LogP contribution in [-0.2, 0) is 0 Å². The molecule has 1 saturated heterocycles. The molecular formula is C20H23N3O2S. The van der Waals surface area contributed by atoms with Crippen molar-refractivity contribution >= 4 is 32.4 Å². The van der Waals surface area contributed by atoms with Gasteiger partial charge in [-0.3, -0.25) is 0 Å². The maximum Gasteiger partial charge on any atom is 0.186 e. The highest BCUT2D eigenvalue weighted by Gasteiger charge is 2.21. The van der Waals surface area contributed by atoms with Gasteiger partial charge in [-0.1, -0.05) is 23.5 Å². The first kappa shape index (κ1) is 17.0. The summed E-state index contributed by atoms with van der Waals surface area (Å²) in [4.78, 5) is 9.63. The van der Waals surface area contributed by atoms with E-state index in [0.717, 1.165) is 48.3 Å². The molecule has 1 aliphatic heterocycles. The maximum absolute atomic E-state index is 5.72. The van der Waals surface area contributed by atoms with Gasteiger partial charge in [-0.2, -0.15) is 0 Å². The summed E-state index contributed by atoms with van der Waals surface area (Å²) in [5.74, 6) is 1.78. The molecule has 5 nitrogen and oxygen atoms in total. The lowest BCUT2D eigenvalue weighted by molar-refractivity contribution is 0.344. The second kappa shape index (κ2) is 7.41. The van der Waals surface area contributed by atoms with Crippen LogP contribution in [0, 0.1) is 0 Å². The molecular weight excluding hydrogens is 346 g/mol. The zero-order chi connectivity index (χ0) is 17.9. The molecule has 26 heavy (non-hydrogen) atoms. The molecule has 0 unspecified atom stereocenters. The normalized spacial score (nSPS) is 14.7. The molecule has 2 heterocycles. The van der Waals surface area contributed by atoms with Gasteiger partial charge in [-0.05, 0) is 31.2 Å². The van der Waals surface area contributed by atoms with Crippen molar-refractivity contribution in [2.45, 2.75) is 6.92 Å². The van der Waals surface area contributed by atoms with E-state index < -0.39 is 0 Å². The Hall–Kier alpha value is -2.47. The van der Waals surface area contributed by atoms with Crippen LogP contribution in [0.3, 0.4) is 0 Å². The van der Waals surface area contributed by atoms with E-state index in [2.05, 4.69) is 28.0 Å². The van der Waals surface area contributed by atoms with Crippen molar-refractivity contribution in [3.63, 3.8) is 0 Å². The molecule has 0 radical (unpaired) electrons. The SMILES string of the molecule is CCOc1cccc2sc(N3CCN(c4cccc(OC)c4)CC3)nc12. The number of para-hydroxylation sites is 1. The molecule has 4 rings (SSSR count). The smallest absolute Gasteiger partial charge is 0.186 e. The standard InChI is InChI=1S/C20H23N3O2S/c1-3-25-17-8-5-9-18-19(17)21-20(26-18)23-12-10-22(11-13-23)15-6-4-7-16(14-15)24-2/h4-9,14H,3,10-13H2,1-2H3. The van der Waals surface area contributed by atoms with E-state index in [-0.39, 0.29) is 0 Å². The van der Waals surface area contributed by atoms with Gasteiger partial charge < -0.3 is 19.3 Å². The molecule has 2 aromatic carbocycles. The summed E-state index contributed by atoms with van der Waals surface area (Å²) in [6.45, 7) is 6.53. The van der Waals surface area contributed by atoms with E-state index in [4.69, 9.17) is 14.5 Å². The minimum atomic E-state index is 0.658. The number of nitrogens with zero attached hydrogens (tertiary/aromatic N) is 3. The summed E-state index contributed by atoms with van der Waals surface area (Å²) in [6.07, 6.45) is 0. The maximum atomic E-state index is 5.72. The molecule has 0 atom stereocenters. The minimum Gasteiger partial charge on any atom is -0.497 e. The Morgan fingerprint density at radius 3 is 2.58 bits per heavy atom. The van der Waals surface area contributed by atoms with Crippen LogP contribution in [0.2, 0.25) is 0 Å². The van der Waals surface area contributed by atoms with Crippen LogP contribution in [-0.4, -0.2) is 44.9 Å². The molecule has 1 aromatic heterocycles. The first-order valence-corrected chi connectivity index (χ1v) is 9.76. The van der Waals surface area contributed by atoms with Gasteiger partial charge in [-0.15, -0.1) is 0 Å². The van der Waals surface area contributed by atoms with Crippen molar-refractivity contribution in [2.24, 2.45) is 0 Å². The fraction of sp³-hybridized carbons (Fsp3) is 0.350. The number of piperazine rings is 1. The van der Waals surface area contributed by atoms with Crippen molar-refractivity contribution in [2.75, 3.05) is 49.7 Å². The molecule has 0 N–H and O–H groups in total. The van der Waals surface area contributed by atoms with Gasteiger partial charge in [0.2, 0.25) is 0 Å². The molecule has 1 aliphatic rings. The Balaban J connectivity index is 1.49. The van der Waals surface area contributed by atoms with Crippen LogP contribution in [0.25, 0.3) is 10.2 Å². The average molecular weight is 369 g/mol. The Kier molecular flexibility index (Phi) is 4.84. The van der Waals surface area contributed by atoms with Crippen molar-refractivity contribution in [1.82, 2.24) is 4.98 Å². The Morgan fingerprint density at radius 1 is 1.04 bits per heavy atom. The van der Waals surface area contributed by atoms with E-state index in [0.29, 0.717) is 6.61 Å². The number of benzene rings is 2. The van der Waals surface area contributed by atoms with Crippen LogP contribution in [0.15, 0.2) is 42.5 Å². The molecule has 0 amide bonds. The zero-order valence-corrected chi connectivity index (χ0v) is 16.0. The summed E-state index contributed by atoms with van der Waals surface area (Å²) in [5, 5.41) is 1.08. The number of hydrogen-bond acceptors (Lipinski definition) is 6. The predicted molar refractivity (Wildman–Crippen MR) is 108 cm³/mol. The number of rotatable bonds is 5. The minimum absolute atomic E-state index is 0.658. The zero-order valence-electron chi connectivity index (χ0n) is 15.1. The monoisotopic (exact) mass is 369 g/mol. The quantitative estimate of drug-likeness (QED) is 0.679. The lowest BCUT2D eigenvalue weighted by atomic mass is 10.2. The van der Waals surface area contributed by atoms with Gasteiger partial charge >= 0.3 is 0 Å². The molecule has 136 valence electrons. The van der Waals surface area contributed by atoms with Gasteiger partial charge in [0.1, 0.15) is 17.0 Å². The third-order valence-electron chi connectivity index (χ3n) is 4.64. The van der Waals surface area contributed by atoms with E-state index >= 15 is 0 Å². The van der Waals surface area contributed by atoms with Crippen LogP contribution < -0.4 is 19.3 Å². The van der Waals surface area contributed by atoms with Crippen molar-refractivity contribution in [1.29, 1.82) is 0 Å². The molecule has 0 spiro atoms. The van der Waals surface area contributed by atoms with Gasteiger partial charge in [0.25, 0.3) is 0 Å². The second-order valence-electron chi connectivity index (χ2n) is 6.21. The van der Waals surface area contributed by atoms with Crippen LogP contribution >= 0.6 is 11.3 Å². The summed E-state index contributed by atoms with van der Waals surface area (Å²) < 4.78 is 12.2. The highest BCUT2D eigenvalue weighted by molar-refractivity contribution is 7.22. The lowest BCUT2D eigenvalue weighted by Gasteiger charge is -2.36. The fourth-order valence-electron chi connectivity index (χ4n) is 3.28. The third kappa shape index (κ3) is 3.29. The van der Waals surface area contributed by atoms with Gasteiger partial charge in [0, 0.05) is 37.9 Å². The number of thiazole rings is 1. The summed E-state index contributed by atoms with van der Waals surface area (Å²) in [5.41, 5.74) is 2.19. The highest BCUT2D eigenvalue weighted by atomic mass is 32.1. The van der Waals surface area contributed by atoms with Crippen LogP contribution in [0.5, 0.6) is 11.5 Å². The Bertz CT molecular complexity index is 888. The second-order valence-corrected chi connectivity index (χ2v) is 7.22. The van der Waals surface area contributed by atoms with Gasteiger partial charge in [0.05, 0.1) is 18.4 Å². The third-order valence-corrected chi connectivity index (χ3v) is 5.72. The first-order valence-electron chi connectivity index (χ1n) is 8.95. The molecule has 1 fully saturated rings. The van der Waals surface area contributed by atoms with Crippen molar-refractivity contribution in [3.8, 4) is 11.5 Å².